The van der Waals surface area contributed by atoms with Crippen molar-refractivity contribution in [1.82, 2.24) is 24.1 Å². The number of nitrogens with zero attached hydrogens (tertiary/aromatic N) is 5. The number of rotatable bonds is 7. The molecule has 5 nitrogen and oxygen atoms in total. The zero-order chi connectivity index (χ0) is 43.9. The molecule has 65 heavy (non-hydrogen) atoms. The molecule has 0 saturated carbocycles. The van der Waals surface area contributed by atoms with Crippen molar-refractivity contribution in [2.45, 2.75) is 38.3 Å². The standard InChI is InChI=1S/C57H49N5Si3/c1-63(2)36-37-64(3,4)54-48(38-43(39-53(54)63)65(40-22-8-5-9-23-40,41-24-10-6-11-25-41)42-26-12-7-13-27-42)55-58-56(61-49-32-18-14-28-44(49)45-29-15-19-33-50(45)61)60-57(59-55)62-51-34-20-16-30-46(51)47-31-17-21-35-52(47)62/h5-35,38-39H,36-37H2,1-4H3. The monoisotopic (exact) mass is 887 g/mol. The van der Waals surface area contributed by atoms with Crippen molar-refractivity contribution in [3.05, 3.63) is 200 Å². The highest BCUT2D eigenvalue weighted by molar-refractivity contribution is 7.20. The normalized spacial score (nSPS) is 14.6. The minimum Gasteiger partial charge on any atom is -0.278 e. The predicted molar refractivity (Wildman–Crippen MR) is 281 cm³/mol. The van der Waals surface area contributed by atoms with Gasteiger partial charge in [0.1, 0.15) is 0 Å². The Hall–Kier alpha value is -6.98. The van der Waals surface area contributed by atoms with Gasteiger partial charge in [0.15, 0.2) is 13.9 Å². The number of fused-ring (bicyclic) bond motifs is 7. The molecule has 8 aromatic carbocycles. The van der Waals surface area contributed by atoms with E-state index in [1.807, 2.05) is 0 Å². The van der Waals surface area contributed by atoms with Crippen LogP contribution in [0.1, 0.15) is 0 Å². The van der Waals surface area contributed by atoms with Crippen LogP contribution in [0.3, 0.4) is 0 Å². The molecule has 4 heterocycles. The molecule has 0 fully saturated rings. The van der Waals surface area contributed by atoms with Crippen LogP contribution in [0.2, 0.25) is 38.3 Å². The van der Waals surface area contributed by atoms with Crippen LogP contribution < -0.4 is 31.1 Å². The molecule has 0 radical (unpaired) electrons. The predicted octanol–water partition coefficient (Wildman–Crippen LogP) is 9.95. The fraction of sp³-hybridized carbons (Fsp3) is 0.105. The summed E-state index contributed by atoms with van der Waals surface area (Å²) in [5.74, 6) is 1.97. The third-order valence-electron chi connectivity index (χ3n) is 14.4. The molecular weight excluding hydrogens is 839 g/mol. The van der Waals surface area contributed by atoms with Crippen LogP contribution >= 0.6 is 0 Å². The molecular formula is C57H49N5Si3. The van der Waals surface area contributed by atoms with Gasteiger partial charge in [-0.1, -0.05) is 219 Å². The lowest BCUT2D eigenvalue weighted by Gasteiger charge is -2.43. The van der Waals surface area contributed by atoms with Crippen LogP contribution in [0, 0.1) is 0 Å². The van der Waals surface area contributed by atoms with E-state index in [1.165, 1.54) is 65.1 Å². The number of benzene rings is 8. The van der Waals surface area contributed by atoms with Crippen LogP contribution in [0.4, 0.5) is 0 Å². The van der Waals surface area contributed by atoms with Gasteiger partial charge in [0.2, 0.25) is 11.9 Å². The first-order valence-corrected chi connectivity index (χ1v) is 31.3. The SMILES string of the molecule is C[Si]1(C)CC[Si](C)(C)c2c(-c3nc(-n4c5ccccc5c5ccccc54)nc(-n4c5ccccc5c5ccccc54)n3)cc([Si](c3ccccc3)(c3ccccc3)c3ccccc3)cc21. The Morgan fingerprint density at radius 3 is 1.14 bits per heavy atom. The molecule has 11 aromatic rings. The third kappa shape index (κ3) is 6.11. The molecule has 0 atom stereocenters. The van der Waals surface area contributed by atoms with Gasteiger partial charge in [0, 0.05) is 27.1 Å². The Morgan fingerprint density at radius 1 is 0.385 bits per heavy atom. The molecule has 0 N–H and O–H groups in total. The van der Waals surface area contributed by atoms with Crippen molar-refractivity contribution in [2.24, 2.45) is 0 Å². The first-order valence-electron chi connectivity index (χ1n) is 22.8. The third-order valence-corrected chi connectivity index (χ3v) is 26.6. The Labute approximate surface area is 382 Å². The highest BCUT2D eigenvalue weighted by atomic mass is 28.3. The highest BCUT2D eigenvalue weighted by Crippen LogP contribution is 2.36. The van der Waals surface area contributed by atoms with Crippen molar-refractivity contribution in [3.63, 3.8) is 0 Å². The lowest BCUT2D eigenvalue weighted by atomic mass is 10.2. The van der Waals surface area contributed by atoms with Gasteiger partial charge in [-0.05, 0) is 50.2 Å². The largest absolute Gasteiger partial charge is 0.278 e. The van der Waals surface area contributed by atoms with E-state index in [9.17, 15) is 0 Å². The zero-order valence-corrected chi connectivity index (χ0v) is 40.2. The van der Waals surface area contributed by atoms with Crippen LogP contribution in [-0.2, 0) is 0 Å². The summed E-state index contributed by atoms with van der Waals surface area (Å²) in [6.45, 7) is 10.4. The lowest BCUT2D eigenvalue weighted by molar-refractivity contribution is 0.893. The fourth-order valence-electron chi connectivity index (χ4n) is 11.2. The maximum absolute atomic E-state index is 5.76. The van der Waals surface area contributed by atoms with Crippen LogP contribution in [0.5, 0.6) is 0 Å². The second-order valence-corrected chi connectivity index (χ2v) is 32.4. The van der Waals surface area contributed by atoms with Gasteiger partial charge < -0.3 is 0 Å². The molecule has 12 rings (SSSR count). The van der Waals surface area contributed by atoms with Crippen molar-refractivity contribution >= 4 is 99.0 Å². The van der Waals surface area contributed by atoms with E-state index in [2.05, 4.69) is 236 Å². The summed E-state index contributed by atoms with van der Waals surface area (Å²) in [6.07, 6.45) is 0. The Bertz CT molecular complexity index is 3280. The summed E-state index contributed by atoms with van der Waals surface area (Å²) in [5, 5.41) is 13.3. The van der Waals surface area contributed by atoms with Crippen molar-refractivity contribution < 1.29 is 0 Å². The number of aromatic nitrogens is 5. The van der Waals surface area contributed by atoms with Gasteiger partial charge in [0.05, 0.1) is 38.2 Å². The topological polar surface area (TPSA) is 48.5 Å². The zero-order valence-electron chi connectivity index (χ0n) is 37.2. The van der Waals surface area contributed by atoms with Gasteiger partial charge in [-0.15, -0.1) is 0 Å². The average Bonchev–Trinajstić information content (AvgIpc) is 3.87. The Morgan fingerprint density at radius 2 is 0.738 bits per heavy atom. The highest BCUT2D eigenvalue weighted by Gasteiger charge is 2.47. The van der Waals surface area contributed by atoms with E-state index < -0.39 is 24.2 Å². The first kappa shape index (κ1) is 39.6. The maximum Gasteiger partial charge on any atom is 0.240 e. The summed E-state index contributed by atoms with van der Waals surface area (Å²) >= 11 is 0. The minimum atomic E-state index is -2.95. The van der Waals surface area contributed by atoms with E-state index in [4.69, 9.17) is 15.0 Å². The van der Waals surface area contributed by atoms with E-state index >= 15 is 0 Å². The molecule has 0 saturated heterocycles. The summed E-state index contributed by atoms with van der Waals surface area (Å²) in [5.41, 5.74) is 5.45. The van der Waals surface area contributed by atoms with E-state index in [0.717, 1.165) is 27.9 Å². The molecule has 0 unspecified atom stereocenters. The van der Waals surface area contributed by atoms with Gasteiger partial charge in [-0.3, -0.25) is 9.13 Å². The lowest BCUT2D eigenvalue weighted by Crippen LogP contribution is -2.76. The molecule has 1 aliphatic rings. The molecule has 0 amide bonds. The second kappa shape index (κ2) is 15.1. The van der Waals surface area contributed by atoms with Gasteiger partial charge >= 0.3 is 0 Å². The number of para-hydroxylation sites is 4. The summed E-state index contributed by atoms with van der Waals surface area (Å²) < 4.78 is 4.53. The smallest absolute Gasteiger partial charge is 0.240 e. The van der Waals surface area contributed by atoms with E-state index in [1.54, 1.807) is 5.19 Å². The molecule has 8 heteroatoms. The van der Waals surface area contributed by atoms with Gasteiger partial charge in [-0.2, -0.15) is 15.0 Å². The molecule has 1 aliphatic heterocycles. The Balaban J connectivity index is 1.26. The second-order valence-electron chi connectivity index (χ2n) is 19.1. The van der Waals surface area contributed by atoms with Crippen molar-refractivity contribution in [1.29, 1.82) is 0 Å². The summed E-state index contributed by atoms with van der Waals surface area (Å²) in [4.78, 5) is 17.1. The van der Waals surface area contributed by atoms with Gasteiger partial charge in [-0.25, -0.2) is 0 Å². The maximum atomic E-state index is 5.76. The van der Waals surface area contributed by atoms with E-state index in [-0.39, 0.29) is 0 Å². The minimum absolute atomic E-state index is 0.618. The summed E-state index contributed by atoms with van der Waals surface area (Å²) in [6, 6.07) is 76.4. The van der Waals surface area contributed by atoms with Gasteiger partial charge in [0.25, 0.3) is 0 Å². The quantitative estimate of drug-likeness (QED) is 0.118. The first-order chi connectivity index (χ1) is 31.7. The number of hydrogen-bond donors (Lipinski definition) is 0. The van der Waals surface area contributed by atoms with Crippen LogP contribution in [0.25, 0.3) is 66.9 Å². The summed E-state index contributed by atoms with van der Waals surface area (Å²) in [7, 11) is -6.99. The molecule has 0 spiro atoms. The van der Waals surface area contributed by atoms with Crippen LogP contribution in [0.15, 0.2) is 200 Å². The van der Waals surface area contributed by atoms with Crippen LogP contribution in [-0.4, -0.2) is 48.3 Å². The molecule has 3 aromatic heterocycles. The van der Waals surface area contributed by atoms with Crippen molar-refractivity contribution in [3.8, 4) is 23.3 Å². The van der Waals surface area contributed by atoms with E-state index in [0.29, 0.717) is 11.9 Å². The average molecular weight is 888 g/mol. The fourth-order valence-corrected chi connectivity index (χ4v) is 26.8. The number of hydrogen-bond acceptors (Lipinski definition) is 3. The van der Waals surface area contributed by atoms with Crippen molar-refractivity contribution in [2.75, 3.05) is 0 Å². The Kier molecular flexibility index (Phi) is 9.17. The molecule has 314 valence electrons. The molecule has 0 bridgehead atoms. The molecule has 0 aliphatic carbocycles.